The zero-order valence-corrected chi connectivity index (χ0v) is 17.5. The van der Waals surface area contributed by atoms with Crippen LogP contribution in [-0.4, -0.2) is 31.1 Å². The number of carbonyl (C=O) groups excluding carboxylic acids is 2. The number of nitrogens with one attached hydrogen (secondary N) is 1. The van der Waals surface area contributed by atoms with Gasteiger partial charge in [0.1, 0.15) is 11.4 Å². The minimum Gasteiger partial charge on any atom is -0.324 e. The number of carbonyl (C=O) groups is 2. The number of halogens is 3. The Kier molecular flexibility index (Phi) is 5.95. The smallest absolute Gasteiger partial charge is 0.324 e. The van der Waals surface area contributed by atoms with Gasteiger partial charge in [0.05, 0.1) is 11.3 Å². The first-order chi connectivity index (χ1) is 14.5. The van der Waals surface area contributed by atoms with Crippen molar-refractivity contribution in [2.24, 2.45) is 0 Å². The number of alkyl halides is 3. The van der Waals surface area contributed by atoms with Gasteiger partial charge in [0.2, 0.25) is 5.91 Å². The van der Waals surface area contributed by atoms with E-state index in [9.17, 15) is 31.2 Å². The van der Waals surface area contributed by atoms with Crippen molar-refractivity contribution in [3.8, 4) is 0 Å². The van der Waals surface area contributed by atoms with Crippen molar-refractivity contribution >= 4 is 32.4 Å². The lowest BCUT2D eigenvalue weighted by Gasteiger charge is -2.18. The van der Waals surface area contributed by atoms with Crippen LogP contribution in [0.1, 0.15) is 30.5 Å². The number of rotatable bonds is 5. The van der Waals surface area contributed by atoms with Crippen LogP contribution in [0.4, 0.5) is 18.9 Å². The van der Waals surface area contributed by atoms with Crippen LogP contribution in [-0.2, 0) is 32.2 Å². The Balaban J connectivity index is 1.85. The lowest BCUT2D eigenvalue weighted by molar-refractivity contribution is -0.137. The molecule has 31 heavy (non-hydrogen) atoms. The summed E-state index contributed by atoms with van der Waals surface area (Å²) in [5.41, 5.74) is -0.390. The Morgan fingerprint density at radius 3 is 2.26 bits per heavy atom. The van der Waals surface area contributed by atoms with Gasteiger partial charge in [-0.25, -0.2) is 12.7 Å². The molecule has 1 heterocycles. The van der Waals surface area contributed by atoms with E-state index in [4.69, 9.17) is 0 Å². The van der Waals surface area contributed by atoms with Crippen LogP contribution >= 0.6 is 0 Å². The third kappa shape index (κ3) is 4.34. The number of nitrogens with zero attached hydrogens (tertiary/aromatic N) is 1. The van der Waals surface area contributed by atoms with Gasteiger partial charge in [-0.05, 0) is 36.6 Å². The molecule has 0 radical (unpaired) electrons. The first kappa shape index (κ1) is 22.5. The Labute approximate surface area is 177 Å². The van der Waals surface area contributed by atoms with E-state index in [1.165, 1.54) is 13.0 Å². The number of para-hydroxylation sites is 1. The third-order valence-corrected chi connectivity index (χ3v) is 6.79. The molecule has 0 fully saturated rings. The minimum absolute atomic E-state index is 0.0623. The van der Waals surface area contributed by atoms with E-state index < -0.39 is 45.8 Å². The average molecular weight is 452 g/mol. The molecule has 0 atom stereocenters. The fourth-order valence-corrected chi connectivity index (χ4v) is 5.04. The Hall–Kier alpha value is -3.14. The summed E-state index contributed by atoms with van der Waals surface area (Å²) in [6, 6.07) is 10.9. The molecule has 0 saturated carbocycles. The lowest BCUT2D eigenvalue weighted by Crippen LogP contribution is -2.38. The maximum Gasteiger partial charge on any atom is 0.418 e. The van der Waals surface area contributed by atoms with E-state index in [2.05, 4.69) is 5.32 Å². The molecule has 0 spiro atoms. The van der Waals surface area contributed by atoms with Gasteiger partial charge < -0.3 is 5.32 Å². The fourth-order valence-electron chi connectivity index (χ4n) is 3.27. The van der Waals surface area contributed by atoms with Crippen molar-refractivity contribution in [3.05, 3.63) is 70.8 Å². The highest BCUT2D eigenvalue weighted by Crippen LogP contribution is 2.36. The number of aryl methyl sites for hydroxylation is 1. The summed E-state index contributed by atoms with van der Waals surface area (Å²) in [5, 5.41) is 2.05. The second-order valence-corrected chi connectivity index (χ2v) is 8.71. The second-order valence-electron chi connectivity index (χ2n) is 6.91. The SMILES string of the molecule is CCc1ccc(C2=C(C)C(=O)N(CC(=O)Nc3ccccc3C(F)(F)F)S2(=O)=O)cc1. The molecule has 0 saturated heterocycles. The molecule has 10 heteroatoms. The number of hydrogen-bond acceptors (Lipinski definition) is 4. The molecular weight excluding hydrogens is 433 g/mol. The summed E-state index contributed by atoms with van der Waals surface area (Å²) < 4.78 is 65.7. The van der Waals surface area contributed by atoms with Crippen LogP contribution in [0, 0.1) is 0 Å². The summed E-state index contributed by atoms with van der Waals surface area (Å²) in [6.07, 6.45) is -3.97. The first-order valence-corrected chi connectivity index (χ1v) is 10.7. The van der Waals surface area contributed by atoms with Gasteiger partial charge in [-0.3, -0.25) is 9.59 Å². The molecule has 1 aliphatic heterocycles. The van der Waals surface area contributed by atoms with Gasteiger partial charge in [-0.1, -0.05) is 43.3 Å². The molecule has 2 amide bonds. The Bertz CT molecular complexity index is 1170. The Morgan fingerprint density at radius 2 is 1.68 bits per heavy atom. The summed E-state index contributed by atoms with van der Waals surface area (Å²) >= 11 is 0. The summed E-state index contributed by atoms with van der Waals surface area (Å²) in [4.78, 5) is 24.7. The number of benzene rings is 2. The molecule has 1 aliphatic rings. The van der Waals surface area contributed by atoms with Crippen molar-refractivity contribution < 1.29 is 31.2 Å². The zero-order chi connectivity index (χ0) is 23.0. The van der Waals surface area contributed by atoms with Gasteiger partial charge in [0.15, 0.2) is 0 Å². The van der Waals surface area contributed by atoms with Crippen molar-refractivity contribution in [1.82, 2.24) is 4.31 Å². The van der Waals surface area contributed by atoms with E-state index in [1.54, 1.807) is 24.3 Å². The first-order valence-electron chi connectivity index (χ1n) is 9.30. The molecule has 164 valence electrons. The van der Waals surface area contributed by atoms with Crippen molar-refractivity contribution in [1.29, 1.82) is 0 Å². The van der Waals surface area contributed by atoms with Gasteiger partial charge in [-0.2, -0.15) is 13.2 Å². The molecule has 2 aromatic carbocycles. The molecule has 1 N–H and O–H groups in total. The predicted octanol–water partition coefficient (Wildman–Crippen LogP) is 3.81. The molecule has 2 aromatic rings. The average Bonchev–Trinajstić information content (AvgIpc) is 2.87. The minimum atomic E-state index is -4.71. The highest BCUT2D eigenvalue weighted by molar-refractivity contribution is 7.99. The highest BCUT2D eigenvalue weighted by Gasteiger charge is 2.43. The molecule has 0 aromatic heterocycles. The van der Waals surface area contributed by atoms with Crippen LogP contribution in [0.3, 0.4) is 0 Å². The maximum atomic E-state index is 13.1. The van der Waals surface area contributed by atoms with E-state index in [0.717, 1.165) is 30.2 Å². The summed E-state index contributed by atoms with van der Waals surface area (Å²) in [5.74, 6) is -1.96. The summed E-state index contributed by atoms with van der Waals surface area (Å²) in [6.45, 7) is 2.33. The fraction of sp³-hybridized carbons (Fsp3) is 0.238. The van der Waals surface area contributed by atoms with Crippen molar-refractivity contribution in [3.63, 3.8) is 0 Å². The predicted molar refractivity (Wildman–Crippen MR) is 109 cm³/mol. The third-order valence-electron chi connectivity index (χ3n) is 4.85. The molecule has 0 bridgehead atoms. The molecule has 0 unspecified atom stereocenters. The van der Waals surface area contributed by atoms with Gasteiger partial charge in [-0.15, -0.1) is 0 Å². The number of amides is 2. The molecule has 0 aliphatic carbocycles. The monoisotopic (exact) mass is 452 g/mol. The van der Waals surface area contributed by atoms with E-state index in [1.807, 2.05) is 6.92 Å². The quantitative estimate of drug-likeness (QED) is 0.748. The normalized spacial score (nSPS) is 16.0. The van der Waals surface area contributed by atoms with E-state index >= 15 is 0 Å². The number of sulfonamides is 1. The van der Waals surface area contributed by atoms with Crippen LogP contribution in [0.25, 0.3) is 4.91 Å². The summed E-state index contributed by atoms with van der Waals surface area (Å²) in [7, 11) is -4.34. The molecule has 6 nitrogen and oxygen atoms in total. The van der Waals surface area contributed by atoms with Gasteiger partial charge in [0.25, 0.3) is 15.9 Å². The highest BCUT2D eigenvalue weighted by atomic mass is 32.2. The van der Waals surface area contributed by atoms with Crippen LogP contribution in [0.15, 0.2) is 54.1 Å². The van der Waals surface area contributed by atoms with Crippen LogP contribution in [0.2, 0.25) is 0 Å². The van der Waals surface area contributed by atoms with E-state index in [0.29, 0.717) is 9.87 Å². The van der Waals surface area contributed by atoms with Crippen LogP contribution in [0.5, 0.6) is 0 Å². The largest absolute Gasteiger partial charge is 0.418 e. The van der Waals surface area contributed by atoms with E-state index in [-0.39, 0.29) is 10.5 Å². The van der Waals surface area contributed by atoms with Gasteiger partial charge in [0, 0.05) is 5.57 Å². The second kappa shape index (κ2) is 8.18. The number of hydrogen-bond donors (Lipinski definition) is 1. The lowest BCUT2D eigenvalue weighted by atomic mass is 10.1. The number of anilines is 1. The van der Waals surface area contributed by atoms with Crippen LogP contribution < -0.4 is 5.32 Å². The standard InChI is InChI=1S/C21H19F3N2O4S/c1-3-14-8-10-15(11-9-14)19-13(2)20(28)26(31(19,29)30)12-18(27)25-17-7-5-4-6-16(17)21(22,23)24/h4-11H,3,12H2,1-2H3,(H,25,27). The molecule has 3 rings (SSSR count). The maximum absolute atomic E-state index is 13.1. The van der Waals surface area contributed by atoms with Crippen molar-refractivity contribution in [2.45, 2.75) is 26.4 Å². The van der Waals surface area contributed by atoms with Gasteiger partial charge >= 0.3 is 6.18 Å². The van der Waals surface area contributed by atoms with Crippen molar-refractivity contribution in [2.75, 3.05) is 11.9 Å². The zero-order valence-electron chi connectivity index (χ0n) is 16.7. The topological polar surface area (TPSA) is 83.6 Å². The molecular formula is C21H19F3N2O4S. The Morgan fingerprint density at radius 1 is 1.06 bits per heavy atom.